The van der Waals surface area contributed by atoms with E-state index in [2.05, 4.69) is 22.9 Å². The van der Waals surface area contributed by atoms with E-state index in [0.717, 1.165) is 19.3 Å². The van der Waals surface area contributed by atoms with E-state index in [-0.39, 0.29) is 29.6 Å². The lowest BCUT2D eigenvalue weighted by atomic mass is 9.53. The third-order valence-corrected chi connectivity index (χ3v) is 8.89. The second-order valence-electron chi connectivity index (χ2n) is 12.1. The molecule has 1 heterocycles. The molecule has 36 heavy (non-hydrogen) atoms. The number of rotatable bonds is 14. The summed E-state index contributed by atoms with van der Waals surface area (Å²) >= 11 is 0. The molecule has 1 saturated heterocycles. The molecular weight excluding hydrogens is 458 g/mol. The summed E-state index contributed by atoms with van der Waals surface area (Å²) < 4.78 is 5.69. The van der Waals surface area contributed by atoms with Crippen molar-refractivity contribution in [1.29, 1.82) is 0 Å². The van der Waals surface area contributed by atoms with Crippen molar-refractivity contribution in [3.63, 3.8) is 0 Å². The van der Waals surface area contributed by atoms with Gasteiger partial charge in [-0.3, -0.25) is 9.59 Å². The van der Waals surface area contributed by atoms with Crippen LogP contribution in [0.15, 0.2) is 0 Å². The molecule has 8 heteroatoms. The molecular formula is C28H47N3O5. The van der Waals surface area contributed by atoms with Crippen LogP contribution >= 0.6 is 0 Å². The highest BCUT2D eigenvalue weighted by atomic mass is 16.5. The molecule has 0 aromatic heterocycles. The highest BCUT2D eigenvalue weighted by Gasteiger charge is 2.48. The zero-order valence-corrected chi connectivity index (χ0v) is 22.5. The van der Waals surface area contributed by atoms with Gasteiger partial charge >= 0.3 is 6.09 Å². The van der Waals surface area contributed by atoms with Gasteiger partial charge in [0.15, 0.2) is 0 Å². The lowest BCUT2D eigenvalue weighted by molar-refractivity contribution is -0.127. The molecule has 0 aromatic rings. The summed E-state index contributed by atoms with van der Waals surface area (Å²) in [6, 6.07) is -1.56. The maximum Gasteiger partial charge on any atom is 0.407 e. The van der Waals surface area contributed by atoms with Crippen LogP contribution in [0.25, 0.3) is 0 Å². The summed E-state index contributed by atoms with van der Waals surface area (Å²) in [7, 11) is 0. The van der Waals surface area contributed by atoms with E-state index in [1.54, 1.807) is 0 Å². The third-order valence-electron chi connectivity index (χ3n) is 8.89. The number of fused-ring (bicyclic) bond motifs is 3. The van der Waals surface area contributed by atoms with Crippen molar-refractivity contribution in [2.75, 3.05) is 13.2 Å². The fourth-order valence-corrected chi connectivity index (χ4v) is 6.40. The minimum absolute atomic E-state index is 0.0735. The number of aldehydes is 1. The molecule has 0 radical (unpaired) electrons. The molecule has 4 fully saturated rings. The average Bonchev–Trinajstić information content (AvgIpc) is 3.27. The molecule has 3 amide bonds. The van der Waals surface area contributed by atoms with Gasteiger partial charge in [-0.05, 0) is 75.5 Å². The first-order chi connectivity index (χ1) is 17.2. The molecule has 3 N–H and O–H groups in total. The van der Waals surface area contributed by atoms with Crippen LogP contribution in [0.5, 0.6) is 0 Å². The van der Waals surface area contributed by atoms with E-state index < -0.39 is 24.1 Å². The Hall–Kier alpha value is -2.12. The Morgan fingerprint density at radius 2 is 1.75 bits per heavy atom. The van der Waals surface area contributed by atoms with Crippen molar-refractivity contribution >= 4 is 24.2 Å². The number of hydrogen-bond acceptors (Lipinski definition) is 5. The van der Waals surface area contributed by atoms with Crippen molar-refractivity contribution in [2.24, 2.45) is 22.7 Å². The third kappa shape index (κ3) is 7.69. The number of nitrogens with one attached hydrogen (secondary N) is 3. The Kier molecular flexibility index (Phi) is 10.2. The Labute approximate surface area is 216 Å². The van der Waals surface area contributed by atoms with Crippen LogP contribution < -0.4 is 16.0 Å². The fraction of sp³-hybridized carbons (Fsp3) is 0.857. The number of unbranched alkanes of at least 4 members (excludes halogenated alkanes) is 2. The van der Waals surface area contributed by atoms with Crippen molar-refractivity contribution in [1.82, 2.24) is 16.0 Å². The summed E-state index contributed by atoms with van der Waals surface area (Å²) in [5.74, 6) is -0.619. The molecule has 1 aliphatic heterocycles. The van der Waals surface area contributed by atoms with Crippen LogP contribution in [0.1, 0.15) is 104 Å². The van der Waals surface area contributed by atoms with E-state index in [9.17, 15) is 19.2 Å². The summed E-state index contributed by atoms with van der Waals surface area (Å²) in [4.78, 5) is 49.1. The number of carbonyl (C=O) groups excluding carboxylic acids is 4. The van der Waals surface area contributed by atoms with Gasteiger partial charge < -0.3 is 25.5 Å². The smallest absolute Gasteiger partial charge is 0.407 e. The van der Waals surface area contributed by atoms with Gasteiger partial charge in [-0.2, -0.15) is 0 Å². The van der Waals surface area contributed by atoms with Crippen molar-refractivity contribution in [3.05, 3.63) is 0 Å². The summed E-state index contributed by atoms with van der Waals surface area (Å²) in [5.41, 5.74) is 0.581. The quantitative estimate of drug-likeness (QED) is 0.241. The molecule has 0 aromatic carbocycles. The maximum atomic E-state index is 13.0. The van der Waals surface area contributed by atoms with Crippen LogP contribution in [0.2, 0.25) is 0 Å². The van der Waals surface area contributed by atoms with E-state index >= 15 is 0 Å². The second kappa shape index (κ2) is 12.9. The van der Waals surface area contributed by atoms with Crippen LogP contribution in [-0.4, -0.2) is 49.4 Å². The molecule has 204 valence electrons. The standard InChI is InChI=1S/C28H47N3O5/c1-4-5-6-8-27-9-12-28(13-10-27,14-11-27)19-36-26(35)31-23(16-20(2)3)25(34)30-22(18-32)17-21-7-15-29-24(21)33/h18,20-23H,4-17,19H2,1-3H3,(H,29,33)(H,30,34)(H,31,35)/t21?,22?,23-,27?,28?/m0/s1. The Bertz CT molecular complexity index is 759. The normalized spacial score (nSPS) is 28.9. The molecule has 3 atom stereocenters. The topological polar surface area (TPSA) is 114 Å². The molecule has 8 nitrogen and oxygen atoms in total. The average molecular weight is 506 g/mol. The van der Waals surface area contributed by atoms with E-state index in [1.807, 2.05) is 13.8 Å². The van der Waals surface area contributed by atoms with Crippen LogP contribution in [-0.2, 0) is 19.1 Å². The fourth-order valence-electron chi connectivity index (χ4n) is 6.40. The van der Waals surface area contributed by atoms with Gasteiger partial charge in [0.1, 0.15) is 12.3 Å². The highest BCUT2D eigenvalue weighted by Crippen LogP contribution is 2.58. The second-order valence-corrected chi connectivity index (χ2v) is 12.1. The van der Waals surface area contributed by atoms with Gasteiger partial charge in [-0.25, -0.2) is 4.79 Å². The number of ether oxygens (including phenoxy) is 1. The summed E-state index contributed by atoms with van der Waals surface area (Å²) in [6.07, 6.45) is 13.7. The lowest BCUT2D eigenvalue weighted by Gasteiger charge is -2.53. The molecule has 2 bridgehead atoms. The predicted molar refractivity (Wildman–Crippen MR) is 138 cm³/mol. The Balaban J connectivity index is 1.48. The lowest BCUT2D eigenvalue weighted by Crippen LogP contribution is -2.51. The van der Waals surface area contributed by atoms with Gasteiger partial charge in [0.05, 0.1) is 12.6 Å². The largest absolute Gasteiger partial charge is 0.449 e. The zero-order chi connectivity index (χ0) is 26.2. The van der Waals surface area contributed by atoms with Gasteiger partial charge in [0.2, 0.25) is 11.8 Å². The molecule has 2 unspecified atom stereocenters. The van der Waals surface area contributed by atoms with Crippen LogP contribution in [0.4, 0.5) is 4.79 Å². The van der Waals surface area contributed by atoms with Crippen molar-refractivity contribution in [3.8, 4) is 0 Å². The minimum Gasteiger partial charge on any atom is -0.449 e. The SMILES string of the molecule is CCCCCC12CCC(COC(=O)N[C@@H](CC(C)C)C(=O)NC(C=O)CC3CCNC3=O)(CC1)CC2. The molecule has 4 rings (SSSR count). The van der Waals surface area contributed by atoms with E-state index in [4.69, 9.17) is 4.74 Å². The van der Waals surface area contributed by atoms with Crippen molar-refractivity contribution in [2.45, 2.75) is 116 Å². The van der Waals surface area contributed by atoms with Crippen LogP contribution in [0.3, 0.4) is 0 Å². The molecule has 3 saturated carbocycles. The van der Waals surface area contributed by atoms with E-state index in [0.29, 0.717) is 37.7 Å². The van der Waals surface area contributed by atoms with Crippen molar-refractivity contribution < 1.29 is 23.9 Å². The predicted octanol–water partition coefficient (Wildman–Crippen LogP) is 4.26. The van der Waals surface area contributed by atoms with Gasteiger partial charge in [-0.1, -0.05) is 40.0 Å². The van der Waals surface area contributed by atoms with Gasteiger partial charge in [0, 0.05) is 17.9 Å². The summed E-state index contributed by atoms with van der Waals surface area (Å²) in [6.45, 7) is 7.19. The highest BCUT2D eigenvalue weighted by molar-refractivity contribution is 5.88. The zero-order valence-electron chi connectivity index (χ0n) is 22.5. The number of carbonyl (C=O) groups is 4. The monoisotopic (exact) mass is 505 g/mol. The number of hydrogen-bond donors (Lipinski definition) is 3. The van der Waals surface area contributed by atoms with Gasteiger partial charge in [0.25, 0.3) is 0 Å². The molecule has 3 aliphatic carbocycles. The van der Waals surface area contributed by atoms with Crippen LogP contribution in [0, 0.1) is 22.7 Å². The van der Waals surface area contributed by atoms with E-state index in [1.165, 1.54) is 44.9 Å². The number of alkyl carbamates (subject to hydrolysis) is 1. The first-order valence-electron chi connectivity index (χ1n) is 14.2. The Morgan fingerprint density at radius 1 is 1.08 bits per heavy atom. The summed E-state index contributed by atoms with van der Waals surface area (Å²) in [5, 5.41) is 8.22. The van der Waals surface area contributed by atoms with Gasteiger partial charge in [-0.15, -0.1) is 0 Å². The first-order valence-corrected chi connectivity index (χ1v) is 14.2. The molecule has 4 aliphatic rings. The number of amides is 3. The Morgan fingerprint density at radius 3 is 2.31 bits per heavy atom. The maximum absolute atomic E-state index is 13.0. The molecule has 0 spiro atoms. The first kappa shape index (κ1) is 28.5. The minimum atomic E-state index is -0.793.